The molecule has 10 heteroatoms. The van der Waals surface area contributed by atoms with Crippen LogP contribution in [0.15, 0.2) is 0 Å². The maximum atomic E-state index is 11.4. The molecule has 0 unspecified atom stereocenters. The number of amides is 2. The summed E-state index contributed by atoms with van der Waals surface area (Å²) in [5.74, 6) is 0.184. The number of carbonyl (C=O) groups is 3. The molecule has 0 bridgehead atoms. The third-order valence-corrected chi connectivity index (χ3v) is 4.15. The number of Topliss-reactive ketones (excluding diaryl/α,β-unsaturated/α-hetero) is 1. The smallest absolute Gasteiger partial charge is 1.00 e. The van der Waals surface area contributed by atoms with Crippen molar-refractivity contribution in [3.63, 3.8) is 0 Å². The second kappa shape index (κ2) is 11.2. The van der Waals surface area contributed by atoms with Crippen molar-refractivity contribution in [2.45, 2.75) is 109 Å². The fraction of sp³-hybridized carbons (Fsp3) is 0.850. The predicted molar refractivity (Wildman–Crippen MR) is 112 cm³/mol. The van der Waals surface area contributed by atoms with Gasteiger partial charge >= 0.3 is 41.7 Å². The molecule has 30 heavy (non-hydrogen) atoms. The van der Waals surface area contributed by atoms with Gasteiger partial charge in [-0.3, -0.25) is 4.79 Å². The van der Waals surface area contributed by atoms with E-state index in [0.29, 0.717) is 25.7 Å². The fourth-order valence-electron chi connectivity index (χ4n) is 3.09. The average molecular weight is 435 g/mol. The van der Waals surface area contributed by atoms with E-state index in [1.54, 1.807) is 20.8 Å². The van der Waals surface area contributed by atoms with Gasteiger partial charge in [0.15, 0.2) is 0 Å². The Balaban J connectivity index is -0.000000461. The molecule has 0 atom stereocenters. The van der Waals surface area contributed by atoms with Crippen molar-refractivity contribution >= 4 is 26.4 Å². The first-order chi connectivity index (χ1) is 12.4. The summed E-state index contributed by atoms with van der Waals surface area (Å²) in [6.45, 7) is 14.6. The summed E-state index contributed by atoms with van der Waals surface area (Å²) < 4.78 is 10.2. The molecule has 3 radical (unpaired) electrons. The van der Waals surface area contributed by atoms with Crippen molar-refractivity contribution in [3.05, 3.63) is 0 Å². The first kappa shape index (κ1) is 31.4. The SMILES string of the molecule is CC1(NC(=O)OC(C)(C)C)CC(=O)C1.CC1(NC(=O)OC(C)(C)C)CC(O)C1.[B].[H-].[Na+]. The summed E-state index contributed by atoms with van der Waals surface area (Å²) in [5, 5.41) is 14.6. The minimum atomic E-state index is -0.492. The number of hydrogen-bond donors (Lipinski definition) is 3. The number of nitrogens with one attached hydrogen (secondary N) is 2. The van der Waals surface area contributed by atoms with E-state index in [2.05, 4.69) is 10.6 Å². The van der Waals surface area contributed by atoms with Gasteiger partial charge < -0.3 is 26.6 Å². The first-order valence-electron chi connectivity index (χ1n) is 9.62. The third kappa shape index (κ3) is 12.2. The van der Waals surface area contributed by atoms with E-state index < -0.39 is 23.4 Å². The number of carbonyl (C=O) groups excluding carboxylic acids is 3. The Hall–Kier alpha value is -0.765. The largest absolute Gasteiger partial charge is 1.00 e. The molecule has 0 aromatic rings. The minimum Gasteiger partial charge on any atom is -1.00 e. The van der Waals surface area contributed by atoms with Crippen molar-refractivity contribution < 1.29 is 59.9 Å². The number of aliphatic hydroxyl groups excluding tert-OH is 1. The molecule has 2 saturated carbocycles. The topological polar surface area (TPSA) is 114 Å². The summed E-state index contributed by atoms with van der Waals surface area (Å²) in [6, 6.07) is 0. The fourth-order valence-corrected chi connectivity index (χ4v) is 3.09. The molecule has 3 N–H and O–H groups in total. The van der Waals surface area contributed by atoms with Crippen LogP contribution in [0.3, 0.4) is 0 Å². The zero-order valence-corrected chi connectivity index (χ0v) is 22.0. The van der Waals surface area contributed by atoms with Gasteiger partial charge in [-0.05, 0) is 68.2 Å². The maximum absolute atomic E-state index is 11.4. The number of ketones is 1. The molecule has 2 amide bonds. The van der Waals surface area contributed by atoms with Crippen LogP contribution < -0.4 is 40.2 Å². The van der Waals surface area contributed by atoms with Gasteiger partial charge in [-0.15, -0.1) is 0 Å². The molecule has 2 rings (SSSR count). The summed E-state index contributed by atoms with van der Waals surface area (Å²) >= 11 is 0. The molecule has 0 spiro atoms. The molecule has 0 aromatic carbocycles. The Morgan fingerprint density at radius 1 is 0.933 bits per heavy atom. The standard InChI is InChI=1S/C10H19NO3.C10H17NO3.B.Na.H/c2*1-9(2,3)14-8(13)11-10(4)5-7(12)6-10;;;/h7,12H,5-6H2,1-4H3,(H,11,13);5-6H2,1-4H3,(H,11,13);;;/q;;;+1;-1. The van der Waals surface area contributed by atoms with Crippen LogP contribution in [0.1, 0.15) is 82.5 Å². The van der Waals surface area contributed by atoms with Gasteiger partial charge in [0.2, 0.25) is 0 Å². The quantitative estimate of drug-likeness (QED) is 0.518. The Morgan fingerprint density at radius 3 is 1.53 bits per heavy atom. The van der Waals surface area contributed by atoms with Crippen LogP contribution in [0.25, 0.3) is 0 Å². The molecule has 2 aliphatic carbocycles. The molecule has 0 aliphatic heterocycles. The van der Waals surface area contributed by atoms with Crippen molar-refractivity contribution in [3.8, 4) is 0 Å². The Kier molecular flexibility index (Phi) is 11.7. The normalized spacial score (nSPS) is 24.2. The van der Waals surface area contributed by atoms with Crippen LogP contribution in [0.4, 0.5) is 9.59 Å². The maximum Gasteiger partial charge on any atom is 1.00 e. The Labute approximate surface area is 205 Å². The number of aliphatic hydroxyl groups is 1. The van der Waals surface area contributed by atoms with Gasteiger partial charge in [0.25, 0.3) is 0 Å². The van der Waals surface area contributed by atoms with Gasteiger partial charge in [-0.2, -0.15) is 0 Å². The number of ether oxygens (including phenoxy) is 2. The first-order valence-corrected chi connectivity index (χ1v) is 9.62. The number of alkyl carbamates (subject to hydrolysis) is 2. The predicted octanol–water partition coefficient (Wildman–Crippen LogP) is -0.207. The van der Waals surface area contributed by atoms with E-state index in [1.807, 2.05) is 34.6 Å². The molecular formula is C20H37BN2NaO6. The summed E-state index contributed by atoms with van der Waals surface area (Å²) in [6.07, 6.45) is 0.881. The van der Waals surface area contributed by atoms with E-state index in [1.165, 1.54) is 0 Å². The monoisotopic (exact) mass is 435 g/mol. The zero-order chi connectivity index (χ0) is 22.0. The van der Waals surface area contributed by atoms with Crippen LogP contribution in [0.5, 0.6) is 0 Å². The third-order valence-electron chi connectivity index (χ3n) is 4.15. The summed E-state index contributed by atoms with van der Waals surface area (Å²) in [4.78, 5) is 33.5. The van der Waals surface area contributed by atoms with Crippen molar-refractivity contribution in [2.75, 3.05) is 0 Å². The molecular weight excluding hydrogens is 398 g/mol. The minimum absolute atomic E-state index is 0. The van der Waals surface area contributed by atoms with E-state index >= 15 is 0 Å². The molecule has 0 heterocycles. The van der Waals surface area contributed by atoms with Crippen LogP contribution in [-0.4, -0.2) is 59.9 Å². The average Bonchev–Trinajstić information content (AvgIpc) is 2.29. The van der Waals surface area contributed by atoms with Gasteiger partial charge in [0.05, 0.1) is 11.6 Å². The summed E-state index contributed by atoms with van der Waals surface area (Å²) in [7, 11) is 0. The van der Waals surface area contributed by atoms with Crippen molar-refractivity contribution in [1.29, 1.82) is 0 Å². The Bertz CT molecular complexity index is 608. The zero-order valence-electron chi connectivity index (χ0n) is 21.0. The van der Waals surface area contributed by atoms with E-state index in [0.717, 1.165) is 0 Å². The summed E-state index contributed by atoms with van der Waals surface area (Å²) in [5.41, 5.74) is -1.64. The van der Waals surface area contributed by atoms with Gasteiger partial charge in [0, 0.05) is 26.8 Å². The van der Waals surface area contributed by atoms with E-state index in [-0.39, 0.29) is 62.4 Å². The van der Waals surface area contributed by atoms with E-state index in [4.69, 9.17) is 14.6 Å². The second-order valence-electron chi connectivity index (χ2n) is 10.3. The van der Waals surface area contributed by atoms with Crippen molar-refractivity contribution in [1.82, 2.24) is 10.6 Å². The van der Waals surface area contributed by atoms with Crippen LogP contribution in [-0.2, 0) is 14.3 Å². The molecule has 8 nitrogen and oxygen atoms in total. The molecule has 167 valence electrons. The van der Waals surface area contributed by atoms with Crippen molar-refractivity contribution in [2.24, 2.45) is 0 Å². The van der Waals surface area contributed by atoms with Gasteiger partial charge in [-0.25, -0.2) is 9.59 Å². The van der Waals surface area contributed by atoms with Crippen LogP contribution in [0.2, 0.25) is 0 Å². The molecule has 2 fully saturated rings. The molecule has 2 aliphatic rings. The van der Waals surface area contributed by atoms with E-state index in [9.17, 15) is 14.4 Å². The number of rotatable bonds is 2. The number of hydrogen-bond acceptors (Lipinski definition) is 6. The molecule has 0 saturated heterocycles. The molecule has 0 aromatic heterocycles. The van der Waals surface area contributed by atoms with Gasteiger partial charge in [-0.1, -0.05) is 0 Å². The van der Waals surface area contributed by atoms with Crippen LogP contribution >= 0.6 is 0 Å². The second-order valence-corrected chi connectivity index (χ2v) is 10.3. The van der Waals surface area contributed by atoms with Crippen LogP contribution in [0, 0.1) is 0 Å². The Morgan fingerprint density at radius 2 is 1.27 bits per heavy atom. The van der Waals surface area contributed by atoms with Gasteiger partial charge in [0.1, 0.15) is 17.0 Å².